The van der Waals surface area contributed by atoms with E-state index in [1.54, 1.807) is 5.38 Å². The Balaban J connectivity index is 1.66. The monoisotopic (exact) mass is 287 g/mol. The molecular weight excluding hydrogens is 270 g/mol. The van der Waals surface area contributed by atoms with Gasteiger partial charge in [-0.3, -0.25) is 4.79 Å². The molecule has 2 aromatic rings. The van der Waals surface area contributed by atoms with Gasteiger partial charge in [-0.05, 0) is 30.9 Å². The predicted molar refractivity (Wildman–Crippen MR) is 79.8 cm³/mol. The third-order valence-electron chi connectivity index (χ3n) is 3.53. The maximum absolute atomic E-state index is 12.2. The minimum atomic E-state index is -0.128. The summed E-state index contributed by atoms with van der Waals surface area (Å²) < 4.78 is 0. The highest BCUT2D eigenvalue weighted by Crippen LogP contribution is 2.22. The van der Waals surface area contributed by atoms with E-state index >= 15 is 0 Å². The number of benzene rings is 1. The molecule has 0 aliphatic heterocycles. The van der Waals surface area contributed by atoms with Gasteiger partial charge in [-0.1, -0.05) is 24.3 Å². The van der Waals surface area contributed by atoms with Crippen LogP contribution in [0.3, 0.4) is 0 Å². The summed E-state index contributed by atoms with van der Waals surface area (Å²) in [5.41, 5.74) is 8.89. The van der Waals surface area contributed by atoms with E-state index in [-0.39, 0.29) is 18.0 Å². The number of nitrogens with two attached hydrogens (primary N) is 1. The van der Waals surface area contributed by atoms with Crippen molar-refractivity contribution in [2.75, 3.05) is 0 Å². The molecule has 0 bridgehead atoms. The van der Waals surface area contributed by atoms with Crippen molar-refractivity contribution in [3.63, 3.8) is 0 Å². The van der Waals surface area contributed by atoms with Crippen molar-refractivity contribution in [1.29, 1.82) is 0 Å². The number of thiazole rings is 1. The number of hydrogen-bond acceptors (Lipinski definition) is 4. The molecule has 20 heavy (non-hydrogen) atoms. The summed E-state index contributed by atoms with van der Waals surface area (Å²) in [7, 11) is 0. The third kappa shape index (κ3) is 2.59. The summed E-state index contributed by atoms with van der Waals surface area (Å²) in [4.78, 5) is 16.5. The third-order valence-corrected chi connectivity index (χ3v) is 4.58. The van der Waals surface area contributed by atoms with Crippen LogP contribution in [0, 0.1) is 0 Å². The molecule has 1 unspecified atom stereocenters. The van der Waals surface area contributed by atoms with Crippen molar-refractivity contribution in [3.8, 4) is 0 Å². The number of amides is 1. The van der Waals surface area contributed by atoms with E-state index in [2.05, 4.69) is 22.4 Å². The maximum atomic E-state index is 12.2. The lowest BCUT2D eigenvalue weighted by Crippen LogP contribution is -2.35. The quantitative estimate of drug-likeness (QED) is 0.908. The molecule has 5 heteroatoms. The Bertz CT molecular complexity index is 611. The van der Waals surface area contributed by atoms with Gasteiger partial charge in [0.25, 0.3) is 5.91 Å². The second-order valence-corrected chi connectivity index (χ2v) is 6.10. The largest absolute Gasteiger partial charge is 0.347 e. The van der Waals surface area contributed by atoms with E-state index in [1.807, 2.05) is 19.1 Å². The zero-order valence-electron chi connectivity index (χ0n) is 11.3. The fraction of sp³-hybridized carbons (Fsp3) is 0.333. The number of fused-ring (bicyclic) bond motifs is 1. The lowest BCUT2D eigenvalue weighted by atomic mass is 10.1. The molecule has 1 heterocycles. The van der Waals surface area contributed by atoms with Crippen molar-refractivity contribution >= 4 is 17.2 Å². The highest BCUT2D eigenvalue weighted by molar-refractivity contribution is 7.09. The first-order valence-electron chi connectivity index (χ1n) is 6.72. The molecular formula is C15H17N3OS. The average Bonchev–Trinajstić information content (AvgIpc) is 3.04. The Morgan fingerprint density at radius 1 is 1.40 bits per heavy atom. The second-order valence-electron chi connectivity index (χ2n) is 5.21. The van der Waals surface area contributed by atoms with Gasteiger partial charge in [0.1, 0.15) is 10.7 Å². The van der Waals surface area contributed by atoms with Crippen molar-refractivity contribution in [2.24, 2.45) is 5.73 Å². The molecule has 4 nitrogen and oxygen atoms in total. The molecule has 0 saturated carbocycles. The molecule has 1 atom stereocenters. The molecule has 0 radical (unpaired) electrons. The molecule has 0 spiro atoms. The lowest BCUT2D eigenvalue weighted by molar-refractivity contribution is 0.0934. The number of hydrogen-bond donors (Lipinski definition) is 2. The molecule has 1 aromatic carbocycles. The van der Waals surface area contributed by atoms with Crippen LogP contribution >= 0.6 is 11.3 Å². The van der Waals surface area contributed by atoms with Crippen LogP contribution in [0.4, 0.5) is 0 Å². The second kappa shape index (κ2) is 5.34. The highest BCUT2D eigenvalue weighted by Gasteiger charge is 2.23. The van der Waals surface area contributed by atoms with E-state index in [1.165, 1.54) is 22.5 Å². The smallest absolute Gasteiger partial charge is 0.270 e. The normalized spacial score (nSPS) is 15.9. The van der Waals surface area contributed by atoms with E-state index in [0.717, 1.165) is 17.8 Å². The van der Waals surface area contributed by atoms with Crippen LogP contribution in [0.5, 0.6) is 0 Å². The van der Waals surface area contributed by atoms with Crippen LogP contribution in [0.25, 0.3) is 0 Å². The van der Waals surface area contributed by atoms with Crippen molar-refractivity contribution in [1.82, 2.24) is 10.3 Å². The number of carbonyl (C=O) groups excluding carboxylic acids is 1. The maximum Gasteiger partial charge on any atom is 0.270 e. The number of nitrogens with zero attached hydrogens (tertiary/aromatic N) is 1. The van der Waals surface area contributed by atoms with Gasteiger partial charge >= 0.3 is 0 Å². The Morgan fingerprint density at radius 3 is 2.60 bits per heavy atom. The van der Waals surface area contributed by atoms with Gasteiger partial charge in [0.2, 0.25) is 0 Å². The standard InChI is InChI=1S/C15H17N3OS/c1-9(16)15-18-13(8-20-15)14(19)17-12-6-10-4-2-3-5-11(10)7-12/h2-5,8-9,12H,6-7,16H2,1H3,(H,17,19). The fourth-order valence-electron chi connectivity index (χ4n) is 2.52. The number of nitrogens with one attached hydrogen (secondary N) is 1. The number of aromatic nitrogens is 1. The molecule has 104 valence electrons. The van der Waals surface area contributed by atoms with Crippen molar-refractivity contribution < 1.29 is 4.79 Å². The van der Waals surface area contributed by atoms with Gasteiger partial charge in [-0.25, -0.2) is 4.98 Å². The van der Waals surface area contributed by atoms with Gasteiger partial charge in [0.05, 0.1) is 6.04 Å². The fourth-order valence-corrected chi connectivity index (χ4v) is 3.28. The van der Waals surface area contributed by atoms with Gasteiger partial charge in [0.15, 0.2) is 0 Å². The van der Waals surface area contributed by atoms with E-state index in [9.17, 15) is 4.79 Å². The van der Waals surface area contributed by atoms with Gasteiger partial charge in [-0.2, -0.15) is 0 Å². The SMILES string of the molecule is CC(N)c1nc(C(=O)NC2Cc3ccccc3C2)cs1. The Hall–Kier alpha value is -1.72. The first kappa shape index (κ1) is 13.3. The number of rotatable bonds is 3. The molecule has 3 rings (SSSR count). The van der Waals surface area contributed by atoms with Crippen LogP contribution in [0.15, 0.2) is 29.6 Å². The lowest BCUT2D eigenvalue weighted by Gasteiger charge is -2.10. The molecule has 0 fully saturated rings. The molecule has 1 amide bonds. The minimum absolute atomic E-state index is 0.106. The van der Waals surface area contributed by atoms with Gasteiger partial charge in [-0.15, -0.1) is 11.3 Å². The van der Waals surface area contributed by atoms with E-state index in [4.69, 9.17) is 5.73 Å². The van der Waals surface area contributed by atoms with Crippen molar-refractivity contribution in [3.05, 3.63) is 51.5 Å². The Kier molecular flexibility index (Phi) is 3.54. The van der Waals surface area contributed by atoms with E-state index in [0.29, 0.717) is 5.69 Å². The summed E-state index contributed by atoms with van der Waals surface area (Å²) in [6, 6.07) is 8.37. The summed E-state index contributed by atoms with van der Waals surface area (Å²) in [5.74, 6) is -0.106. The zero-order valence-corrected chi connectivity index (χ0v) is 12.1. The van der Waals surface area contributed by atoms with Crippen LogP contribution in [0.1, 0.15) is 39.6 Å². The summed E-state index contributed by atoms with van der Waals surface area (Å²) in [6.45, 7) is 1.87. The first-order chi connectivity index (χ1) is 9.63. The van der Waals surface area contributed by atoms with Crippen LogP contribution < -0.4 is 11.1 Å². The van der Waals surface area contributed by atoms with Crippen LogP contribution in [-0.4, -0.2) is 16.9 Å². The Morgan fingerprint density at radius 2 is 2.05 bits per heavy atom. The number of carbonyl (C=O) groups is 1. The molecule has 1 aliphatic carbocycles. The van der Waals surface area contributed by atoms with Gasteiger partial charge < -0.3 is 11.1 Å². The average molecular weight is 287 g/mol. The Labute approximate surface area is 122 Å². The van der Waals surface area contributed by atoms with Crippen LogP contribution in [0.2, 0.25) is 0 Å². The zero-order chi connectivity index (χ0) is 14.1. The predicted octanol–water partition coefficient (Wildman–Crippen LogP) is 2.06. The van der Waals surface area contributed by atoms with Crippen molar-refractivity contribution in [2.45, 2.75) is 31.8 Å². The topological polar surface area (TPSA) is 68.0 Å². The summed E-state index contributed by atoms with van der Waals surface area (Å²) in [6.07, 6.45) is 1.79. The molecule has 0 saturated heterocycles. The van der Waals surface area contributed by atoms with E-state index < -0.39 is 0 Å². The first-order valence-corrected chi connectivity index (χ1v) is 7.60. The molecule has 1 aromatic heterocycles. The van der Waals surface area contributed by atoms with Gasteiger partial charge in [0, 0.05) is 11.4 Å². The summed E-state index contributed by atoms with van der Waals surface area (Å²) >= 11 is 1.43. The van der Waals surface area contributed by atoms with Crippen LogP contribution in [-0.2, 0) is 12.8 Å². The molecule has 3 N–H and O–H groups in total. The summed E-state index contributed by atoms with van der Waals surface area (Å²) in [5, 5.41) is 5.63. The minimum Gasteiger partial charge on any atom is -0.347 e. The molecule has 1 aliphatic rings. The highest BCUT2D eigenvalue weighted by atomic mass is 32.1.